The fraction of sp³-hybridized carbons (Fsp3) is 0.167. The number of ether oxygens (including phenoxy) is 1. The number of nitriles is 1. The second-order valence-corrected chi connectivity index (χ2v) is 2.94. The summed E-state index contributed by atoms with van der Waals surface area (Å²) >= 11 is 0. The fourth-order valence-corrected chi connectivity index (χ4v) is 1.07. The molecule has 1 aromatic carbocycles. The van der Waals surface area contributed by atoms with Crippen LogP contribution in [0.15, 0.2) is 29.8 Å². The van der Waals surface area contributed by atoms with Crippen LogP contribution in [0.1, 0.15) is 12.5 Å². The standard InChI is InChI=1S/C12H10FNO2/c1-2-16-12(15)10(8-14)7-9-3-5-11(13)6-4-9/h3-7H,2H2,1H3/b10-7-. The fourth-order valence-electron chi connectivity index (χ4n) is 1.07. The van der Waals surface area contributed by atoms with Gasteiger partial charge in [0, 0.05) is 0 Å². The molecule has 0 saturated carbocycles. The van der Waals surface area contributed by atoms with Gasteiger partial charge in [-0.05, 0) is 30.7 Å². The van der Waals surface area contributed by atoms with E-state index < -0.39 is 5.97 Å². The zero-order chi connectivity index (χ0) is 12.0. The Morgan fingerprint density at radius 3 is 2.62 bits per heavy atom. The Hall–Kier alpha value is -2.15. The van der Waals surface area contributed by atoms with Gasteiger partial charge in [-0.25, -0.2) is 9.18 Å². The lowest BCUT2D eigenvalue weighted by molar-refractivity contribution is -0.137. The van der Waals surface area contributed by atoms with Gasteiger partial charge in [0.15, 0.2) is 0 Å². The summed E-state index contributed by atoms with van der Waals surface area (Å²) in [7, 11) is 0. The lowest BCUT2D eigenvalue weighted by Gasteiger charge is -1.99. The van der Waals surface area contributed by atoms with Crippen LogP contribution in [-0.2, 0) is 9.53 Å². The molecule has 1 rings (SSSR count). The first-order valence-electron chi connectivity index (χ1n) is 4.72. The molecular formula is C12H10FNO2. The van der Waals surface area contributed by atoms with Crippen molar-refractivity contribution in [3.05, 3.63) is 41.2 Å². The quantitative estimate of drug-likeness (QED) is 0.445. The van der Waals surface area contributed by atoms with Gasteiger partial charge in [0.05, 0.1) is 6.61 Å². The van der Waals surface area contributed by atoms with Crippen molar-refractivity contribution < 1.29 is 13.9 Å². The van der Waals surface area contributed by atoms with Gasteiger partial charge < -0.3 is 4.74 Å². The van der Waals surface area contributed by atoms with E-state index in [1.807, 2.05) is 0 Å². The summed E-state index contributed by atoms with van der Waals surface area (Å²) in [6.07, 6.45) is 1.36. The normalized spacial score (nSPS) is 10.7. The predicted octanol–water partition coefficient (Wildman–Crippen LogP) is 2.30. The number of carbonyl (C=O) groups excluding carboxylic acids is 1. The van der Waals surface area contributed by atoms with Crippen LogP contribution < -0.4 is 0 Å². The first-order chi connectivity index (χ1) is 7.67. The van der Waals surface area contributed by atoms with Crippen LogP contribution in [0.5, 0.6) is 0 Å². The van der Waals surface area contributed by atoms with Crippen LogP contribution in [0.3, 0.4) is 0 Å². The van der Waals surface area contributed by atoms with E-state index >= 15 is 0 Å². The minimum Gasteiger partial charge on any atom is -0.462 e. The first-order valence-corrected chi connectivity index (χ1v) is 4.72. The highest BCUT2D eigenvalue weighted by Crippen LogP contribution is 2.09. The summed E-state index contributed by atoms with van der Waals surface area (Å²) in [6, 6.07) is 7.21. The van der Waals surface area contributed by atoms with E-state index in [4.69, 9.17) is 5.26 Å². The third-order valence-corrected chi connectivity index (χ3v) is 1.80. The van der Waals surface area contributed by atoms with E-state index in [1.54, 1.807) is 13.0 Å². The Bertz CT molecular complexity index is 443. The van der Waals surface area contributed by atoms with Gasteiger partial charge >= 0.3 is 5.97 Å². The predicted molar refractivity (Wildman–Crippen MR) is 56.6 cm³/mol. The van der Waals surface area contributed by atoms with Crippen molar-refractivity contribution in [1.29, 1.82) is 5.26 Å². The maximum atomic E-state index is 12.6. The van der Waals surface area contributed by atoms with Crippen molar-refractivity contribution in [2.75, 3.05) is 6.61 Å². The molecular weight excluding hydrogens is 209 g/mol. The number of benzene rings is 1. The highest BCUT2D eigenvalue weighted by atomic mass is 19.1. The van der Waals surface area contributed by atoms with Gasteiger partial charge in [-0.3, -0.25) is 0 Å². The minimum absolute atomic E-state index is 0.103. The average molecular weight is 219 g/mol. The topological polar surface area (TPSA) is 50.1 Å². The molecule has 3 nitrogen and oxygen atoms in total. The third kappa shape index (κ3) is 3.21. The molecule has 0 radical (unpaired) electrons. The number of hydrogen-bond acceptors (Lipinski definition) is 3. The van der Waals surface area contributed by atoms with Crippen LogP contribution in [0.25, 0.3) is 6.08 Å². The van der Waals surface area contributed by atoms with Gasteiger partial charge in [-0.15, -0.1) is 0 Å². The Kier molecular flexibility index (Phi) is 4.22. The first kappa shape index (κ1) is 11.9. The van der Waals surface area contributed by atoms with E-state index in [2.05, 4.69) is 4.74 Å². The molecule has 0 unspecified atom stereocenters. The van der Waals surface area contributed by atoms with Crippen molar-refractivity contribution >= 4 is 12.0 Å². The number of esters is 1. The summed E-state index contributed by atoms with van der Waals surface area (Å²) in [6.45, 7) is 1.87. The molecule has 0 bridgehead atoms. The van der Waals surface area contributed by atoms with E-state index in [1.165, 1.54) is 30.3 Å². The molecule has 0 aliphatic carbocycles. The van der Waals surface area contributed by atoms with E-state index in [-0.39, 0.29) is 18.0 Å². The second kappa shape index (κ2) is 5.66. The molecule has 0 fully saturated rings. The van der Waals surface area contributed by atoms with Gasteiger partial charge in [0.1, 0.15) is 17.5 Å². The number of nitrogens with zero attached hydrogens (tertiary/aromatic N) is 1. The van der Waals surface area contributed by atoms with Gasteiger partial charge in [0.25, 0.3) is 0 Å². The maximum absolute atomic E-state index is 12.6. The van der Waals surface area contributed by atoms with Crippen molar-refractivity contribution in [1.82, 2.24) is 0 Å². The Morgan fingerprint density at radius 1 is 1.50 bits per heavy atom. The molecule has 16 heavy (non-hydrogen) atoms. The molecule has 0 amide bonds. The summed E-state index contributed by atoms with van der Waals surface area (Å²) in [5.41, 5.74) is 0.472. The lowest BCUT2D eigenvalue weighted by atomic mass is 10.1. The monoisotopic (exact) mass is 219 g/mol. The van der Waals surface area contributed by atoms with Crippen LogP contribution in [0, 0.1) is 17.1 Å². The molecule has 0 aromatic heterocycles. The zero-order valence-electron chi connectivity index (χ0n) is 8.74. The second-order valence-electron chi connectivity index (χ2n) is 2.94. The average Bonchev–Trinajstić information content (AvgIpc) is 2.28. The Morgan fingerprint density at radius 2 is 2.12 bits per heavy atom. The lowest BCUT2D eigenvalue weighted by Crippen LogP contribution is -2.05. The Balaban J connectivity index is 2.92. The number of halogens is 1. The van der Waals surface area contributed by atoms with E-state index in [9.17, 15) is 9.18 Å². The molecule has 0 heterocycles. The molecule has 0 N–H and O–H groups in total. The molecule has 4 heteroatoms. The molecule has 0 atom stereocenters. The molecule has 0 aliphatic rings. The van der Waals surface area contributed by atoms with E-state index in [0.717, 1.165) is 0 Å². The largest absolute Gasteiger partial charge is 0.462 e. The third-order valence-electron chi connectivity index (χ3n) is 1.80. The number of rotatable bonds is 3. The molecule has 1 aromatic rings. The minimum atomic E-state index is -0.672. The molecule has 0 aliphatic heterocycles. The van der Waals surface area contributed by atoms with Crippen LogP contribution in [0.2, 0.25) is 0 Å². The van der Waals surface area contributed by atoms with Gasteiger partial charge in [-0.1, -0.05) is 12.1 Å². The van der Waals surface area contributed by atoms with Crippen molar-refractivity contribution in [2.45, 2.75) is 6.92 Å². The highest BCUT2D eigenvalue weighted by molar-refractivity contribution is 5.97. The molecule has 82 valence electrons. The summed E-state index contributed by atoms with van der Waals surface area (Å²) < 4.78 is 17.3. The summed E-state index contributed by atoms with van der Waals surface area (Å²) in [5.74, 6) is -1.04. The zero-order valence-corrected chi connectivity index (χ0v) is 8.74. The van der Waals surface area contributed by atoms with Crippen LogP contribution >= 0.6 is 0 Å². The van der Waals surface area contributed by atoms with Crippen molar-refractivity contribution in [3.8, 4) is 6.07 Å². The molecule has 0 saturated heterocycles. The highest BCUT2D eigenvalue weighted by Gasteiger charge is 2.09. The summed E-state index contributed by atoms with van der Waals surface area (Å²) in [5, 5.41) is 8.75. The van der Waals surface area contributed by atoms with Crippen molar-refractivity contribution in [3.63, 3.8) is 0 Å². The Labute approximate surface area is 92.8 Å². The number of hydrogen-bond donors (Lipinski definition) is 0. The maximum Gasteiger partial charge on any atom is 0.348 e. The van der Waals surface area contributed by atoms with Crippen LogP contribution in [0.4, 0.5) is 4.39 Å². The van der Waals surface area contributed by atoms with Gasteiger partial charge in [0.2, 0.25) is 0 Å². The van der Waals surface area contributed by atoms with Crippen LogP contribution in [-0.4, -0.2) is 12.6 Å². The smallest absolute Gasteiger partial charge is 0.348 e. The van der Waals surface area contributed by atoms with Crippen molar-refractivity contribution in [2.24, 2.45) is 0 Å². The van der Waals surface area contributed by atoms with E-state index in [0.29, 0.717) is 5.56 Å². The van der Waals surface area contributed by atoms with Gasteiger partial charge in [-0.2, -0.15) is 5.26 Å². The SMILES string of the molecule is CCOC(=O)/C(C#N)=C\c1ccc(F)cc1. The summed E-state index contributed by atoms with van der Waals surface area (Å²) in [4.78, 5) is 11.3. The number of carbonyl (C=O) groups is 1. The molecule has 0 spiro atoms.